The number of likely N-dealkylation sites (tertiary alicyclic amines) is 1. The van der Waals surface area contributed by atoms with Gasteiger partial charge in [-0.3, -0.25) is 4.79 Å². The maximum Gasteiger partial charge on any atom is 0.291 e. The van der Waals surface area contributed by atoms with Crippen LogP contribution in [-0.2, 0) is 11.8 Å². The first kappa shape index (κ1) is 25.7. The SMILES string of the molecule is C=CC(=O)N1CC(F)(F)C12CN(c1ncc3ncnc(Nc4ccc(Oc5ccc6c(c5)nnn6C)c(C)c4)c3n1)C2. The maximum atomic E-state index is 14.5. The van der Waals surface area contributed by atoms with Gasteiger partial charge in [-0.2, -0.15) is 0 Å². The molecule has 212 valence electrons. The minimum atomic E-state index is -3.00. The number of carbonyl (C=O) groups excluding carboxylic acids is 1. The van der Waals surface area contributed by atoms with Crippen LogP contribution in [0.15, 0.2) is 61.6 Å². The number of aryl methyl sites for hydroxylation is 2. The van der Waals surface area contributed by atoms with Crippen molar-refractivity contribution >= 4 is 45.4 Å². The van der Waals surface area contributed by atoms with Crippen molar-refractivity contribution in [1.29, 1.82) is 0 Å². The molecule has 0 unspecified atom stereocenters. The van der Waals surface area contributed by atoms with E-state index in [0.29, 0.717) is 28.4 Å². The Hall–Kier alpha value is -5.27. The largest absolute Gasteiger partial charge is 0.457 e. The van der Waals surface area contributed by atoms with Gasteiger partial charge in [0.15, 0.2) is 5.82 Å². The zero-order valence-corrected chi connectivity index (χ0v) is 22.6. The van der Waals surface area contributed by atoms with Gasteiger partial charge in [0.2, 0.25) is 11.9 Å². The lowest BCUT2D eigenvalue weighted by Gasteiger charge is -2.65. The summed E-state index contributed by atoms with van der Waals surface area (Å²) in [7, 11) is 1.83. The van der Waals surface area contributed by atoms with E-state index in [2.05, 4.69) is 42.1 Å². The number of alkyl halides is 2. The number of carbonyl (C=O) groups is 1. The molecule has 12 nitrogen and oxygen atoms in total. The average molecular weight is 571 g/mol. The summed E-state index contributed by atoms with van der Waals surface area (Å²) in [6.45, 7) is 4.55. The fourth-order valence-electron chi connectivity index (χ4n) is 5.41. The molecule has 1 N–H and O–H groups in total. The fourth-order valence-corrected chi connectivity index (χ4v) is 5.41. The number of rotatable bonds is 6. The Morgan fingerprint density at radius 2 is 1.93 bits per heavy atom. The lowest BCUT2D eigenvalue weighted by Crippen LogP contribution is -2.88. The summed E-state index contributed by atoms with van der Waals surface area (Å²) in [5, 5.41) is 11.4. The van der Waals surface area contributed by atoms with Crippen molar-refractivity contribution in [3.63, 3.8) is 0 Å². The predicted molar refractivity (Wildman–Crippen MR) is 150 cm³/mol. The first-order chi connectivity index (χ1) is 20.2. The highest BCUT2D eigenvalue weighted by atomic mass is 19.3. The Bertz CT molecular complexity index is 1900. The van der Waals surface area contributed by atoms with Crippen LogP contribution in [0, 0.1) is 6.92 Å². The van der Waals surface area contributed by atoms with Gasteiger partial charge in [-0.05, 0) is 48.9 Å². The normalized spacial score (nSPS) is 16.8. The van der Waals surface area contributed by atoms with E-state index in [1.165, 1.54) is 12.5 Å². The minimum absolute atomic E-state index is 0.0913. The Morgan fingerprint density at radius 1 is 1.10 bits per heavy atom. The molecule has 0 saturated carbocycles. The number of fused-ring (bicyclic) bond motifs is 2. The molecule has 1 spiro atoms. The molecule has 0 aliphatic carbocycles. The van der Waals surface area contributed by atoms with Crippen molar-refractivity contribution in [3.8, 4) is 11.5 Å². The molecule has 0 bridgehead atoms. The van der Waals surface area contributed by atoms with E-state index in [4.69, 9.17) is 4.74 Å². The number of halogens is 2. The van der Waals surface area contributed by atoms with Crippen molar-refractivity contribution in [2.24, 2.45) is 7.05 Å². The third-order valence-corrected chi connectivity index (χ3v) is 7.79. The summed E-state index contributed by atoms with van der Waals surface area (Å²) in [6, 6.07) is 11.2. The first-order valence-electron chi connectivity index (χ1n) is 13.1. The number of anilines is 3. The smallest absolute Gasteiger partial charge is 0.291 e. The molecule has 42 heavy (non-hydrogen) atoms. The van der Waals surface area contributed by atoms with Crippen LogP contribution in [0.1, 0.15) is 5.56 Å². The highest BCUT2D eigenvalue weighted by molar-refractivity contribution is 5.90. The molecule has 0 atom stereocenters. The van der Waals surface area contributed by atoms with Crippen molar-refractivity contribution in [1.82, 2.24) is 39.8 Å². The van der Waals surface area contributed by atoms with Gasteiger partial charge in [0.1, 0.15) is 39.9 Å². The molecule has 2 aliphatic rings. The lowest BCUT2D eigenvalue weighted by molar-refractivity contribution is -0.247. The quantitative estimate of drug-likeness (QED) is 0.302. The van der Waals surface area contributed by atoms with E-state index in [-0.39, 0.29) is 19.0 Å². The zero-order valence-electron chi connectivity index (χ0n) is 22.6. The molecule has 2 aromatic carbocycles. The van der Waals surface area contributed by atoms with Crippen LogP contribution in [0.25, 0.3) is 22.1 Å². The minimum Gasteiger partial charge on any atom is -0.457 e. The molecule has 5 heterocycles. The molecule has 2 fully saturated rings. The number of ether oxygens (including phenoxy) is 1. The second kappa shape index (κ2) is 9.12. The fraction of sp³-hybridized carbons (Fsp3) is 0.250. The number of hydrogen-bond acceptors (Lipinski definition) is 10. The summed E-state index contributed by atoms with van der Waals surface area (Å²) in [6.07, 6.45) is 3.98. The van der Waals surface area contributed by atoms with Gasteiger partial charge in [-0.25, -0.2) is 33.4 Å². The van der Waals surface area contributed by atoms with E-state index in [1.54, 1.807) is 9.58 Å². The summed E-state index contributed by atoms with van der Waals surface area (Å²) in [5.74, 6) is -1.52. The van der Waals surface area contributed by atoms with Crippen LogP contribution >= 0.6 is 0 Å². The van der Waals surface area contributed by atoms with Crippen molar-refractivity contribution in [2.75, 3.05) is 29.9 Å². The van der Waals surface area contributed by atoms with Gasteiger partial charge in [0.25, 0.3) is 5.92 Å². The molecule has 2 saturated heterocycles. The highest BCUT2D eigenvalue weighted by Crippen LogP contribution is 2.51. The first-order valence-corrected chi connectivity index (χ1v) is 13.1. The lowest BCUT2D eigenvalue weighted by atomic mass is 9.73. The van der Waals surface area contributed by atoms with E-state index < -0.39 is 23.9 Å². The van der Waals surface area contributed by atoms with Crippen LogP contribution in [0.3, 0.4) is 0 Å². The highest BCUT2D eigenvalue weighted by Gasteiger charge is 2.73. The Balaban J connectivity index is 1.11. The number of nitrogens with one attached hydrogen (secondary N) is 1. The molecule has 1 amide bonds. The predicted octanol–water partition coefficient (Wildman–Crippen LogP) is 3.77. The van der Waals surface area contributed by atoms with Gasteiger partial charge >= 0.3 is 0 Å². The van der Waals surface area contributed by atoms with Crippen LogP contribution < -0.4 is 15.0 Å². The Labute approximate surface area is 237 Å². The van der Waals surface area contributed by atoms with Gasteiger partial charge in [-0.15, -0.1) is 5.10 Å². The molecule has 5 aromatic rings. The van der Waals surface area contributed by atoms with Crippen LogP contribution in [0.2, 0.25) is 0 Å². The van der Waals surface area contributed by atoms with Gasteiger partial charge in [-0.1, -0.05) is 11.8 Å². The monoisotopic (exact) mass is 570 g/mol. The molecular formula is C28H24F2N10O2. The summed E-state index contributed by atoms with van der Waals surface area (Å²) in [5.41, 5.74) is 2.59. The molecule has 2 aliphatic heterocycles. The van der Waals surface area contributed by atoms with E-state index in [9.17, 15) is 13.6 Å². The van der Waals surface area contributed by atoms with Crippen molar-refractivity contribution < 1.29 is 18.3 Å². The van der Waals surface area contributed by atoms with E-state index >= 15 is 0 Å². The maximum absolute atomic E-state index is 14.5. The summed E-state index contributed by atoms with van der Waals surface area (Å²) in [4.78, 5) is 32.4. The molecule has 7 rings (SSSR count). The average Bonchev–Trinajstić information content (AvgIpc) is 3.32. The number of nitrogens with zero attached hydrogens (tertiary/aromatic N) is 9. The topological polar surface area (TPSA) is 127 Å². The number of aromatic nitrogens is 7. The third kappa shape index (κ3) is 3.89. The standard InChI is InChI=1S/C28H24F2N10O2/c1-4-23(41)40-14-28(29,30)27(40)12-39(13-27)26-31-11-20-24(35-26)25(33-15-32-20)34-17-5-8-22(16(2)9-17)42-18-6-7-21-19(10-18)36-37-38(21)3/h4-11,15H,1,12-14H2,2-3H3,(H,32,33,34). The Morgan fingerprint density at radius 3 is 2.69 bits per heavy atom. The van der Waals surface area contributed by atoms with Gasteiger partial charge in [0.05, 0.1) is 31.3 Å². The van der Waals surface area contributed by atoms with Gasteiger partial charge < -0.3 is 19.9 Å². The number of amides is 1. The number of benzene rings is 2. The third-order valence-electron chi connectivity index (χ3n) is 7.79. The summed E-state index contributed by atoms with van der Waals surface area (Å²) < 4.78 is 36.9. The molecular weight excluding hydrogens is 546 g/mol. The van der Waals surface area contributed by atoms with Crippen LogP contribution in [0.4, 0.5) is 26.2 Å². The second-order valence-corrected chi connectivity index (χ2v) is 10.4. The number of hydrogen-bond donors (Lipinski definition) is 1. The molecule has 14 heteroatoms. The Kier molecular flexibility index (Phi) is 5.58. The van der Waals surface area contributed by atoms with Crippen LogP contribution in [-0.4, -0.2) is 76.8 Å². The van der Waals surface area contributed by atoms with Crippen molar-refractivity contribution in [2.45, 2.75) is 18.4 Å². The van der Waals surface area contributed by atoms with E-state index in [1.807, 2.05) is 50.4 Å². The van der Waals surface area contributed by atoms with Gasteiger partial charge in [0, 0.05) is 18.8 Å². The second-order valence-electron chi connectivity index (χ2n) is 10.4. The molecule has 3 aromatic heterocycles. The van der Waals surface area contributed by atoms with E-state index in [0.717, 1.165) is 33.3 Å². The summed E-state index contributed by atoms with van der Waals surface area (Å²) >= 11 is 0. The van der Waals surface area contributed by atoms with Crippen molar-refractivity contribution in [3.05, 3.63) is 67.1 Å². The van der Waals surface area contributed by atoms with Crippen LogP contribution in [0.5, 0.6) is 11.5 Å². The zero-order chi connectivity index (χ0) is 29.2. The molecule has 0 radical (unpaired) electrons.